The van der Waals surface area contributed by atoms with Crippen molar-refractivity contribution in [2.45, 2.75) is 20.8 Å². The van der Waals surface area contributed by atoms with Crippen molar-refractivity contribution in [2.24, 2.45) is 0 Å². The number of rotatable bonds is 5. The summed E-state index contributed by atoms with van der Waals surface area (Å²) in [7, 11) is 0. The van der Waals surface area contributed by atoms with Gasteiger partial charge in [-0.2, -0.15) is 0 Å². The minimum atomic E-state index is -0.195. The van der Waals surface area contributed by atoms with Crippen molar-refractivity contribution >= 4 is 27.9 Å². The quantitative estimate of drug-likeness (QED) is 0.520. The van der Waals surface area contributed by atoms with E-state index < -0.39 is 0 Å². The van der Waals surface area contributed by atoms with E-state index in [0.29, 0.717) is 0 Å². The summed E-state index contributed by atoms with van der Waals surface area (Å²) >= 11 is 1.65. The molecule has 0 bridgehead atoms. The Labute approximate surface area is 167 Å². The normalized spacial score (nSPS) is 11.0. The fourth-order valence-corrected chi connectivity index (χ4v) is 3.84. The molecule has 1 N–H and O–H groups in total. The molecule has 0 radical (unpaired) electrons. The Morgan fingerprint density at radius 3 is 2.79 bits per heavy atom. The molecule has 0 unspecified atom stereocenters. The highest BCUT2D eigenvalue weighted by Crippen LogP contribution is 2.25. The molecule has 6 heteroatoms. The number of ether oxygens (including phenoxy) is 1. The standard InChI is InChI=1S/C22H21N3O2S/c1-14-6-4-9-20(16(14)3)27-13-21(26)23-18-8-5-7-17(10-18)19-12-25-11-15(2)28-22(25)24-19/h4-12H,13H2,1-3H3,(H,23,26). The van der Waals surface area contributed by atoms with Gasteiger partial charge < -0.3 is 10.1 Å². The Bertz CT molecular complexity index is 1130. The summed E-state index contributed by atoms with van der Waals surface area (Å²) in [5, 5.41) is 2.90. The Balaban J connectivity index is 1.44. The van der Waals surface area contributed by atoms with Crippen molar-refractivity contribution < 1.29 is 9.53 Å². The smallest absolute Gasteiger partial charge is 0.262 e. The van der Waals surface area contributed by atoms with Crippen LogP contribution in [-0.4, -0.2) is 21.9 Å². The van der Waals surface area contributed by atoms with Crippen LogP contribution in [0.15, 0.2) is 54.9 Å². The van der Waals surface area contributed by atoms with E-state index in [-0.39, 0.29) is 12.5 Å². The maximum Gasteiger partial charge on any atom is 0.262 e. The number of imidazole rings is 1. The van der Waals surface area contributed by atoms with Crippen molar-refractivity contribution in [3.63, 3.8) is 0 Å². The number of carbonyl (C=O) groups excluding carboxylic acids is 1. The number of nitrogens with one attached hydrogen (secondary N) is 1. The zero-order valence-corrected chi connectivity index (χ0v) is 16.8. The summed E-state index contributed by atoms with van der Waals surface area (Å²) in [4.78, 5) is 19.2. The predicted molar refractivity (Wildman–Crippen MR) is 113 cm³/mol. The number of benzene rings is 2. The van der Waals surface area contributed by atoms with E-state index in [1.165, 1.54) is 4.88 Å². The molecule has 0 aliphatic heterocycles. The molecule has 0 spiro atoms. The van der Waals surface area contributed by atoms with E-state index in [0.717, 1.165) is 38.8 Å². The molecule has 0 saturated carbocycles. The third kappa shape index (κ3) is 3.77. The molecule has 0 aliphatic rings. The van der Waals surface area contributed by atoms with Crippen LogP contribution in [0.3, 0.4) is 0 Å². The number of thiazole rings is 1. The molecule has 2 heterocycles. The third-order valence-corrected chi connectivity index (χ3v) is 5.54. The van der Waals surface area contributed by atoms with Crippen LogP contribution < -0.4 is 10.1 Å². The maximum atomic E-state index is 12.3. The number of nitrogens with zero attached hydrogens (tertiary/aromatic N) is 2. The Morgan fingerprint density at radius 1 is 1.14 bits per heavy atom. The second-order valence-corrected chi connectivity index (χ2v) is 7.99. The minimum Gasteiger partial charge on any atom is -0.483 e. The number of aryl methyl sites for hydroxylation is 2. The van der Waals surface area contributed by atoms with Gasteiger partial charge in [-0.15, -0.1) is 11.3 Å². The summed E-state index contributed by atoms with van der Waals surface area (Å²) in [6.07, 6.45) is 4.07. The average Bonchev–Trinajstić information content (AvgIpc) is 3.20. The zero-order chi connectivity index (χ0) is 19.7. The first-order valence-corrected chi connectivity index (χ1v) is 9.86. The summed E-state index contributed by atoms with van der Waals surface area (Å²) in [6, 6.07) is 13.5. The predicted octanol–water partition coefficient (Wildman–Crippen LogP) is 5.01. The van der Waals surface area contributed by atoms with Gasteiger partial charge in [0.25, 0.3) is 5.91 Å². The highest BCUT2D eigenvalue weighted by molar-refractivity contribution is 7.17. The molecule has 0 atom stereocenters. The largest absolute Gasteiger partial charge is 0.483 e. The number of anilines is 1. The minimum absolute atomic E-state index is 0.0337. The number of amides is 1. The van der Waals surface area contributed by atoms with Crippen LogP contribution in [0.4, 0.5) is 5.69 Å². The fourth-order valence-electron chi connectivity index (χ4n) is 3.03. The number of aromatic nitrogens is 2. The van der Waals surface area contributed by atoms with Gasteiger partial charge in [0.05, 0.1) is 5.69 Å². The van der Waals surface area contributed by atoms with Crippen molar-refractivity contribution in [1.82, 2.24) is 9.38 Å². The summed E-state index contributed by atoms with van der Waals surface area (Å²) in [5.74, 6) is 0.539. The van der Waals surface area contributed by atoms with Gasteiger partial charge in [0.15, 0.2) is 11.6 Å². The lowest BCUT2D eigenvalue weighted by atomic mass is 10.1. The third-order valence-electron chi connectivity index (χ3n) is 4.63. The average molecular weight is 391 g/mol. The molecule has 0 saturated heterocycles. The van der Waals surface area contributed by atoms with E-state index in [1.807, 2.05) is 66.9 Å². The van der Waals surface area contributed by atoms with E-state index in [2.05, 4.69) is 23.4 Å². The summed E-state index contributed by atoms with van der Waals surface area (Å²) in [5.41, 5.74) is 4.75. The molecule has 0 fully saturated rings. The number of hydrogen-bond donors (Lipinski definition) is 1. The highest BCUT2D eigenvalue weighted by atomic mass is 32.1. The molecule has 28 heavy (non-hydrogen) atoms. The molecular weight excluding hydrogens is 370 g/mol. The highest BCUT2D eigenvalue weighted by Gasteiger charge is 2.10. The Kier molecular flexibility index (Phi) is 4.88. The van der Waals surface area contributed by atoms with Gasteiger partial charge in [0.1, 0.15) is 5.75 Å². The Morgan fingerprint density at radius 2 is 1.96 bits per heavy atom. The molecule has 4 aromatic rings. The molecule has 5 nitrogen and oxygen atoms in total. The first-order chi connectivity index (χ1) is 13.5. The van der Waals surface area contributed by atoms with Gasteiger partial charge in [-0.1, -0.05) is 24.3 Å². The van der Waals surface area contributed by atoms with Crippen LogP contribution in [-0.2, 0) is 4.79 Å². The van der Waals surface area contributed by atoms with E-state index in [1.54, 1.807) is 11.3 Å². The topological polar surface area (TPSA) is 55.6 Å². The van der Waals surface area contributed by atoms with Crippen molar-refractivity contribution in [3.8, 4) is 17.0 Å². The second kappa shape index (κ2) is 7.48. The van der Waals surface area contributed by atoms with E-state index in [9.17, 15) is 4.79 Å². The van der Waals surface area contributed by atoms with Crippen LogP contribution in [0.5, 0.6) is 5.75 Å². The maximum absolute atomic E-state index is 12.3. The lowest BCUT2D eigenvalue weighted by molar-refractivity contribution is -0.118. The van der Waals surface area contributed by atoms with Gasteiger partial charge in [0.2, 0.25) is 0 Å². The molecular formula is C22H21N3O2S. The van der Waals surface area contributed by atoms with E-state index in [4.69, 9.17) is 4.74 Å². The van der Waals surface area contributed by atoms with Crippen molar-refractivity contribution in [2.75, 3.05) is 11.9 Å². The Hall–Kier alpha value is -3.12. The fraction of sp³-hybridized carbons (Fsp3) is 0.182. The lowest BCUT2D eigenvalue weighted by Crippen LogP contribution is -2.20. The van der Waals surface area contributed by atoms with Crippen LogP contribution in [0.1, 0.15) is 16.0 Å². The van der Waals surface area contributed by atoms with Crippen LogP contribution in [0, 0.1) is 20.8 Å². The van der Waals surface area contributed by atoms with Crippen LogP contribution in [0.2, 0.25) is 0 Å². The monoisotopic (exact) mass is 391 g/mol. The molecule has 2 aromatic heterocycles. The SMILES string of the molecule is Cc1cn2cc(-c3cccc(NC(=O)COc4cccc(C)c4C)c3)nc2s1. The van der Waals surface area contributed by atoms with Gasteiger partial charge in [-0.05, 0) is 50.1 Å². The number of carbonyl (C=O) groups is 1. The van der Waals surface area contributed by atoms with Crippen LogP contribution in [0.25, 0.3) is 16.2 Å². The zero-order valence-electron chi connectivity index (χ0n) is 16.0. The van der Waals surface area contributed by atoms with Crippen molar-refractivity contribution in [1.29, 1.82) is 0 Å². The first-order valence-electron chi connectivity index (χ1n) is 9.04. The molecule has 142 valence electrons. The summed E-state index contributed by atoms with van der Waals surface area (Å²) in [6.45, 7) is 6.04. The van der Waals surface area contributed by atoms with E-state index >= 15 is 0 Å². The van der Waals surface area contributed by atoms with Gasteiger partial charge in [-0.3, -0.25) is 9.20 Å². The number of hydrogen-bond acceptors (Lipinski definition) is 4. The lowest BCUT2D eigenvalue weighted by Gasteiger charge is -2.11. The molecule has 2 aromatic carbocycles. The molecule has 1 amide bonds. The van der Waals surface area contributed by atoms with Gasteiger partial charge in [0, 0.05) is 28.5 Å². The number of fused-ring (bicyclic) bond motifs is 1. The van der Waals surface area contributed by atoms with Crippen LogP contribution >= 0.6 is 11.3 Å². The summed E-state index contributed by atoms with van der Waals surface area (Å²) < 4.78 is 7.71. The second-order valence-electron chi connectivity index (χ2n) is 6.77. The van der Waals surface area contributed by atoms with Gasteiger partial charge >= 0.3 is 0 Å². The van der Waals surface area contributed by atoms with Crippen molar-refractivity contribution in [3.05, 3.63) is 70.9 Å². The first kappa shape index (κ1) is 18.3. The van der Waals surface area contributed by atoms with Gasteiger partial charge in [-0.25, -0.2) is 4.98 Å². The molecule has 0 aliphatic carbocycles. The molecule has 4 rings (SSSR count).